The summed E-state index contributed by atoms with van der Waals surface area (Å²) in [5.41, 5.74) is 6.08. The van der Waals surface area contributed by atoms with Gasteiger partial charge in [0.15, 0.2) is 5.43 Å². The number of nitrogens with one attached hydrogen (secondary N) is 1. The molecule has 3 N–H and O–H groups in total. The van der Waals surface area contributed by atoms with Crippen molar-refractivity contribution in [1.82, 2.24) is 9.88 Å². The molecule has 1 aromatic heterocycles. The number of carbonyl (C=O) groups excluding carboxylic acids is 1. The molecule has 0 spiro atoms. The van der Waals surface area contributed by atoms with E-state index in [1.54, 1.807) is 14.0 Å². The highest BCUT2D eigenvalue weighted by Crippen LogP contribution is 2.01. The third-order valence-electron chi connectivity index (χ3n) is 2.61. The predicted octanol–water partition coefficient (Wildman–Crippen LogP) is 0.103. The van der Waals surface area contributed by atoms with Crippen LogP contribution in [0.1, 0.15) is 23.0 Å². The number of H-pyrrole nitrogens is 1. The first-order valence-electron chi connectivity index (χ1n) is 5.14. The van der Waals surface area contributed by atoms with E-state index in [9.17, 15) is 9.59 Å². The second-order valence-electron chi connectivity index (χ2n) is 3.89. The number of aryl methyl sites for hydroxylation is 1. The van der Waals surface area contributed by atoms with Crippen LogP contribution in [0.15, 0.2) is 17.1 Å². The predicted molar refractivity (Wildman–Crippen MR) is 62.4 cm³/mol. The molecule has 0 aliphatic carbocycles. The minimum absolute atomic E-state index is 0.0896. The van der Waals surface area contributed by atoms with E-state index in [0.29, 0.717) is 6.54 Å². The molecule has 1 aromatic rings. The first kappa shape index (κ1) is 12.4. The Morgan fingerprint density at radius 3 is 2.75 bits per heavy atom. The Morgan fingerprint density at radius 1 is 1.62 bits per heavy atom. The molecule has 0 saturated carbocycles. The molecule has 5 heteroatoms. The van der Waals surface area contributed by atoms with Gasteiger partial charge in [-0.15, -0.1) is 0 Å². The number of amides is 1. The van der Waals surface area contributed by atoms with Crippen molar-refractivity contribution in [3.8, 4) is 0 Å². The summed E-state index contributed by atoms with van der Waals surface area (Å²) >= 11 is 0. The summed E-state index contributed by atoms with van der Waals surface area (Å²) in [7, 11) is 1.64. The van der Waals surface area contributed by atoms with Gasteiger partial charge in [-0.05, 0) is 13.8 Å². The normalized spacial score (nSPS) is 12.2. The molecule has 1 amide bonds. The Labute approximate surface area is 94.3 Å². The van der Waals surface area contributed by atoms with Gasteiger partial charge in [0.05, 0.1) is 0 Å². The van der Waals surface area contributed by atoms with Gasteiger partial charge in [-0.2, -0.15) is 0 Å². The number of aromatic nitrogens is 1. The molecule has 0 fully saturated rings. The molecule has 1 atom stereocenters. The van der Waals surface area contributed by atoms with Crippen molar-refractivity contribution >= 4 is 5.91 Å². The number of carbonyl (C=O) groups is 1. The summed E-state index contributed by atoms with van der Waals surface area (Å²) in [6, 6.07) is 1.32. The second kappa shape index (κ2) is 4.94. The van der Waals surface area contributed by atoms with Gasteiger partial charge >= 0.3 is 0 Å². The highest BCUT2D eigenvalue weighted by Gasteiger charge is 2.18. The van der Waals surface area contributed by atoms with Gasteiger partial charge in [0.1, 0.15) is 5.56 Å². The maximum Gasteiger partial charge on any atom is 0.259 e. The lowest BCUT2D eigenvalue weighted by Gasteiger charge is -2.23. The van der Waals surface area contributed by atoms with Crippen LogP contribution >= 0.6 is 0 Å². The lowest BCUT2D eigenvalue weighted by Crippen LogP contribution is -2.41. The van der Waals surface area contributed by atoms with Crippen molar-refractivity contribution in [3.63, 3.8) is 0 Å². The molecule has 0 radical (unpaired) electrons. The standard InChI is InChI=1S/C11H17N3O2/c1-7-4-10(15)9(6-13-7)11(16)14(3)8(2)5-12/h4,6,8H,5,12H2,1-3H3,(H,13,15). The quantitative estimate of drug-likeness (QED) is 0.763. The van der Waals surface area contributed by atoms with Gasteiger partial charge in [0.25, 0.3) is 5.91 Å². The summed E-state index contributed by atoms with van der Waals surface area (Å²) in [5.74, 6) is -0.306. The van der Waals surface area contributed by atoms with Crippen LogP contribution in [0, 0.1) is 6.92 Å². The zero-order valence-corrected chi connectivity index (χ0v) is 9.78. The van der Waals surface area contributed by atoms with Crippen LogP contribution in [0.2, 0.25) is 0 Å². The Morgan fingerprint density at radius 2 is 2.25 bits per heavy atom. The number of pyridine rings is 1. The first-order chi connectivity index (χ1) is 7.47. The van der Waals surface area contributed by atoms with Crippen molar-refractivity contribution in [2.24, 2.45) is 5.73 Å². The van der Waals surface area contributed by atoms with E-state index in [2.05, 4.69) is 4.98 Å². The molecule has 5 nitrogen and oxygen atoms in total. The van der Waals surface area contributed by atoms with Crippen molar-refractivity contribution in [2.45, 2.75) is 19.9 Å². The molecule has 88 valence electrons. The number of hydrogen-bond acceptors (Lipinski definition) is 3. The number of nitrogens with zero attached hydrogens (tertiary/aromatic N) is 1. The summed E-state index contributed by atoms with van der Waals surface area (Å²) in [5, 5.41) is 0. The Hall–Kier alpha value is -1.62. The highest BCUT2D eigenvalue weighted by molar-refractivity contribution is 5.93. The minimum atomic E-state index is -0.306. The van der Waals surface area contributed by atoms with Gasteiger partial charge in [-0.25, -0.2) is 0 Å². The minimum Gasteiger partial charge on any atom is -0.364 e. The largest absolute Gasteiger partial charge is 0.364 e. The van der Waals surface area contributed by atoms with Gasteiger partial charge in [-0.1, -0.05) is 0 Å². The van der Waals surface area contributed by atoms with Gasteiger partial charge in [0.2, 0.25) is 0 Å². The van der Waals surface area contributed by atoms with E-state index in [1.807, 2.05) is 6.92 Å². The summed E-state index contributed by atoms with van der Waals surface area (Å²) in [4.78, 5) is 27.9. The molecular weight excluding hydrogens is 206 g/mol. The molecule has 16 heavy (non-hydrogen) atoms. The monoisotopic (exact) mass is 223 g/mol. The average Bonchev–Trinajstić information content (AvgIpc) is 2.26. The first-order valence-corrected chi connectivity index (χ1v) is 5.14. The summed E-state index contributed by atoms with van der Waals surface area (Å²) in [6.07, 6.45) is 1.44. The van der Waals surface area contributed by atoms with Crippen LogP contribution in [0.25, 0.3) is 0 Å². The SMILES string of the molecule is Cc1cc(=O)c(C(=O)N(C)C(C)CN)c[nH]1. The van der Waals surface area contributed by atoms with Crippen LogP contribution in [0.4, 0.5) is 0 Å². The maximum absolute atomic E-state index is 11.9. The molecule has 0 saturated heterocycles. The fourth-order valence-electron chi connectivity index (χ4n) is 1.29. The molecule has 0 aliphatic heterocycles. The molecule has 0 bridgehead atoms. The van der Waals surface area contributed by atoms with E-state index < -0.39 is 0 Å². The van der Waals surface area contributed by atoms with Crippen LogP contribution < -0.4 is 11.2 Å². The third kappa shape index (κ3) is 2.49. The van der Waals surface area contributed by atoms with Crippen LogP contribution in [-0.4, -0.2) is 35.4 Å². The van der Waals surface area contributed by atoms with E-state index in [1.165, 1.54) is 17.2 Å². The Bertz CT molecular complexity index is 439. The van der Waals surface area contributed by atoms with Gasteiger partial charge in [-0.3, -0.25) is 9.59 Å². The van der Waals surface area contributed by atoms with Crippen LogP contribution in [0.3, 0.4) is 0 Å². The Balaban J connectivity index is 3.01. The van der Waals surface area contributed by atoms with Crippen LogP contribution in [-0.2, 0) is 0 Å². The zero-order valence-electron chi connectivity index (χ0n) is 9.78. The highest BCUT2D eigenvalue weighted by atomic mass is 16.2. The molecule has 0 aromatic carbocycles. The van der Waals surface area contributed by atoms with Gasteiger partial charge in [0, 0.05) is 37.6 Å². The van der Waals surface area contributed by atoms with Gasteiger partial charge < -0.3 is 15.6 Å². The van der Waals surface area contributed by atoms with Crippen LogP contribution in [0.5, 0.6) is 0 Å². The summed E-state index contributed by atoms with van der Waals surface area (Å²) in [6.45, 7) is 3.97. The number of nitrogens with two attached hydrogens (primary N) is 1. The zero-order chi connectivity index (χ0) is 12.3. The Kier molecular flexibility index (Phi) is 3.84. The third-order valence-corrected chi connectivity index (χ3v) is 2.61. The summed E-state index contributed by atoms with van der Waals surface area (Å²) < 4.78 is 0. The smallest absolute Gasteiger partial charge is 0.259 e. The molecule has 0 aliphatic rings. The average molecular weight is 223 g/mol. The fraction of sp³-hybridized carbons (Fsp3) is 0.455. The second-order valence-corrected chi connectivity index (χ2v) is 3.89. The lowest BCUT2D eigenvalue weighted by molar-refractivity contribution is 0.0746. The van der Waals surface area contributed by atoms with E-state index in [-0.39, 0.29) is 22.9 Å². The maximum atomic E-state index is 11.9. The fourth-order valence-corrected chi connectivity index (χ4v) is 1.29. The molecule has 1 unspecified atom stereocenters. The van der Waals surface area contributed by atoms with Crippen molar-refractivity contribution in [1.29, 1.82) is 0 Å². The van der Waals surface area contributed by atoms with Crippen molar-refractivity contribution in [3.05, 3.63) is 33.7 Å². The topological polar surface area (TPSA) is 79.2 Å². The van der Waals surface area contributed by atoms with E-state index in [0.717, 1.165) is 5.69 Å². The van der Waals surface area contributed by atoms with E-state index in [4.69, 9.17) is 5.73 Å². The molecular formula is C11H17N3O2. The van der Waals surface area contributed by atoms with E-state index >= 15 is 0 Å². The number of hydrogen-bond donors (Lipinski definition) is 2. The molecule has 1 heterocycles. The van der Waals surface area contributed by atoms with Crippen molar-refractivity contribution in [2.75, 3.05) is 13.6 Å². The number of likely N-dealkylation sites (N-methyl/N-ethyl adjacent to an activating group) is 1. The number of aromatic amines is 1. The lowest BCUT2D eigenvalue weighted by atomic mass is 10.2. The number of rotatable bonds is 3. The molecule has 1 rings (SSSR count). The van der Waals surface area contributed by atoms with Crippen molar-refractivity contribution < 1.29 is 4.79 Å².